The third kappa shape index (κ3) is 2.91. The largest absolute Gasteiger partial charge is 0.497 e. The van der Waals surface area contributed by atoms with Gasteiger partial charge in [-0.05, 0) is 31.2 Å². The molecule has 0 aromatic heterocycles. The van der Waals surface area contributed by atoms with Crippen molar-refractivity contribution in [1.82, 2.24) is 5.32 Å². The summed E-state index contributed by atoms with van der Waals surface area (Å²) in [6.45, 7) is 2.65. The van der Waals surface area contributed by atoms with Gasteiger partial charge in [0.05, 0.1) is 19.8 Å². The normalized spacial score (nSPS) is 16.4. The van der Waals surface area contributed by atoms with Gasteiger partial charge in [0.15, 0.2) is 0 Å². The zero-order valence-corrected chi connectivity index (χ0v) is 12.8. The van der Waals surface area contributed by atoms with E-state index in [1.165, 1.54) is 0 Å². The highest BCUT2D eigenvalue weighted by Gasteiger charge is 2.23. The summed E-state index contributed by atoms with van der Waals surface area (Å²) in [6, 6.07) is 13.2. The highest BCUT2D eigenvalue weighted by atomic mass is 16.5. The summed E-state index contributed by atoms with van der Waals surface area (Å²) in [5, 5.41) is 3.10. The highest BCUT2D eigenvalue weighted by molar-refractivity contribution is 5.94. The molecule has 1 atom stereocenters. The number of rotatable bonds is 3. The van der Waals surface area contributed by atoms with Crippen molar-refractivity contribution in [2.24, 2.45) is 0 Å². The summed E-state index contributed by atoms with van der Waals surface area (Å²) in [7, 11) is 1.59. The fraction of sp³-hybridized carbons (Fsp3) is 0.278. The molecule has 1 aliphatic rings. The van der Waals surface area contributed by atoms with E-state index in [0.717, 1.165) is 23.3 Å². The monoisotopic (exact) mass is 297 g/mol. The van der Waals surface area contributed by atoms with Gasteiger partial charge in [-0.2, -0.15) is 0 Å². The molecule has 0 radical (unpaired) electrons. The van der Waals surface area contributed by atoms with Crippen LogP contribution in [0.5, 0.6) is 11.5 Å². The summed E-state index contributed by atoms with van der Waals surface area (Å²) in [5.41, 5.74) is 2.80. The molecule has 0 bridgehead atoms. The zero-order chi connectivity index (χ0) is 15.5. The minimum Gasteiger partial charge on any atom is -0.497 e. The first-order chi connectivity index (χ1) is 10.7. The van der Waals surface area contributed by atoms with Crippen LogP contribution >= 0.6 is 0 Å². The number of hydrogen-bond acceptors (Lipinski definition) is 3. The van der Waals surface area contributed by atoms with Crippen molar-refractivity contribution in [2.45, 2.75) is 19.4 Å². The molecule has 3 rings (SSSR count). The molecule has 0 saturated carbocycles. The number of carbonyl (C=O) groups excluding carboxylic acids is 1. The van der Waals surface area contributed by atoms with Crippen molar-refractivity contribution in [1.29, 1.82) is 0 Å². The SMILES string of the molecule is COc1cccc(C(=O)NC2CCOc3ccc(C)cc32)c1. The van der Waals surface area contributed by atoms with Gasteiger partial charge >= 0.3 is 0 Å². The molecule has 114 valence electrons. The molecule has 1 aliphatic heterocycles. The van der Waals surface area contributed by atoms with E-state index in [0.29, 0.717) is 17.9 Å². The molecule has 22 heavy (non-hydrogen) atoms. The molecule has 2 aromatic rings. The first kappa shape index (κ1) is 14.4. The van der Waals surface area contributed by atoms with Crippen LogP contribution in [0.25, 0.3) is 0 Å². The Kier molecular flexibility index (Phi) is 4.00. The standard InChI is InChI=1S/C18H19NO3/c1-12-6-7-17-15(10-12)16(8-9-22-17)19-18(20)13-4-3-5-14(11-13)21-2/h3-7,10-11,16H,8-9H2,1-2H3,(H,19,20). The van der Waals surface area contributed by atoms with Gasteiger partial charge in [-0.25, -0.2) is 0 Å². The van der Waals surface area contributed by atoms with E-state index in [2.05, 4.69) is 11.4 Å². The average molecular weight is 297 g/mol. The van der Waals surface area contributed by atoms with Crippen LogP contribution in [0.15, 0.2) is 42.5 Å². The molecule has 4 heteroatoms. The molecule has 4 nitrogen and oxygen atoms in total. The van der Waals surface area contributed by atoms with E-state index in [9.17, 15) is 4.79 Å². The van der Waals surface area contributed by atoms with Crippen LogP contribution in [0.3, 0.4) is 0 Å². The van der Waals surface area contributed by atoms with Crippen molar-refractivity contribution < 1.29 is 14.3 Å². The number of amides is 1. The number of carbonyl (C=O) groups is 1. The third-order valence-electron chi connectivity index (χ3n) is 3.84. The van der Waals surface area contributed by atoms with Crippen LogP contribution in [0.1, 0.15) is 33.9 Å². The Balaban J connectivity index is 1.82. The number of fused-ring (bicyclic) bond motifs is 1. The summed E-state index contributed by atoms with van der Waals surface area (Å²) in [5.74, 6) is 1.43. The van der Waals surface area contributed by atoms with Crippen LogP contribution in [0.4, 0.5) is 0 Å². The first-order valence-electron chi connectivity index (χ1n) is 7.35. The lowest BCUT2D eigenvalue weighted by Gasteiger charge is -2.27. The Morgan fingerprint density at radius 3 is 2.95 bits per heavy atom. The highest BCUT2D eigenvalue weighted by Crippen LogP contribution is 2.32. The van der Waals surface area contributed by atoms with Gasteiger partial charge in [-0.15, -0.1) is 0 Å². The average Bonchev–Trinajstić information content (AvgIpc) is 2.55. The number of methoxy groups -OCH3 is 1. The maximum absolute atomic E-state index is 12.5. The lowest BCUT2D eigenvalue weighted by Crippen LogP contribution is -2.32. The molecule has 1 heterocycles. The van der Waals surface area contributed by atoms with Crippen molar-refractivity contribution in [3.63, 3.8) is 0 Å². The Labute approximate surface area is 130 Å². The smallest absolute Gasteiger partial charge is 0.251 e. The predicted octanol–water partition coefficient (Wildman–Crippen LogP) is 3.26. The maximum Gasteiger partial charge on any atom is 0.251 e. The van der Waals surface area contributed by atoms with Gasteiger partial charge in [-0.3, -0.25) is 4.79 Å². The second-order valence-electron chi connectivity index (χ2n) is 5.44. The summed E-state index contributed by atoms with van der Waals surface area (Å²) >= 11 is 0. The molecule has 1 amide bonds. The lowest BCUT2D eigenvalue weighted by molar-refractivity contribution is 0.0924. The van der Waals surface area contributed by atoms with E-state index < -0.39 is 0 Å². The van der Waals surface area contributed by atoms with Gasteiger partial charge in [0.2, 0.25) is 0 Å². The van der Waals surface area contributed by atoms with Crippen molar-refractivity contribution >= 4 is 5.91 Å². The summed E-state index contributed by atoms with van der Waals surface area (Å²) in [6.07, 6.45) is 0.770. The molecule has 1 unspecified atom stereocenters. The number of benzene rings is 2. The van der Waals surface area contributed by atoms with Gasteiger partial charge < -0.3 is 14.8 Å². The Morgan fingerprint density at radius 1 is 1.27 bits per heavy atom. The summed E-state index contributed by atoms with van der Waals surface area (Å²) in [4.78, 5) is 12.5. The Bertz CT molecular complexity index is 696. The van der Waals surface area contributed by atoms with Crippen LogP contribution in [0, 0.1) is 6.92 Å². The topological polar surface area (TPSA) is 47.6 Å². The van der Waals surface area contributed by atoms with Crippen LogP contribution in [-0.2, 0) is 0 Å². The number of nitrogens with one attached hydrogen (secondary N) is 1. The summed E-state index contributed by atoms with van der Waals surface area (Å²) < 4.78 is 10.8. The Hall–Kier alpha value is -2.49. The molecule has 0 saturated heterocycles. The molecule has 2 aromatic carbocycles. The van der Waals surface area contributed by atoms with Gasteiger partial charge in [-0.1, -0.05) is 23.8 Å². The lowest BCUT2D eigenvalue weighted by atomic mass is 9.98. The number of aryl methyl sites for hydroxylation is 1. The van der Waals surface area contributed by atoms with Crippen molar-refractivity contribution in [2.75, 3.05) is 13.7 Å². The van der Waals surface area contributed by atoms with Gasteiger partial charge in [0.1, 0.15) is 11.5 Å². The van der Waals surface area contributed by atoms with E-state index in [-0.39, 0.29) is 11.9 Å². The minimum atomic E-state index is -0.0988. The van der Waals surface area contributed by atoms with Crippen LogP contribution in [0.2, 0.25) is 0 Å². The van der Waals surface area contributed by atoms with E-state index in [1.54, 1.807) is 19.2 Å². The number of hydrogen-bond donors (Lipinski definition) is 1. The quantitative estimate of drug-likeness (QED) is 0.946. The Morgan fingerprint density at radius 2 is 2.14 bits per heavy atom. The second kappa shape index (κ2) is 6.10. The zero-order valence-electron chi connectivity index (χ0n) is 12.8. The predicted molar refractivity (Wildman–Crippen MR) is 84.5 cm³/mol. The molecule has 0 aliphatic carbocycles. The van der Waals surface area contributed by atoms with E-state index in [1.807, 2.05) is 31.2 Å². The van der Waals surface area contributed by atoms with Crippen LogP contribution in [-0.4, -0.2) is 19.6 Å². The van der Waals surface area contributed by atoms with Gasteiger partial charge in [0, 0.05) is 17.5 Å². The fourth-order valence-electron chi connectivity index (χ4n) is 2.67. The molecular formula is C18H19NO3. The molecule has 0 spiro atoms. The number of ether oxygens (including phenoxy) is 2. The third-order valence-corrected chi connectivity index (χ3v) is 3.84. The van der Waals surface area contributed by atoms with E-state index >= 15 is 0 Å². The second-order valence-corrected chi connectivity index (χ2v) is 5.44. The maximum atomic E-state index is 12.5. The molecule has 0 fully saturated rings. The van der Waals surface area contributed by atoms with Crippen molar-refractivity contribution in [3.8, 4) is 11.5 Å². The minimum absolute atomic E-state index is 0.0256. The van der Waals surface area contributed by atoms with Gasteiger partial charge in [0.25, 0.3) is 5.91 Å². The first-order valence-corrected chi connectivity index (χ1v) is 7.35. The molecule has 1 N–H and O–H groups in total. The van der Waals surface area contributed by atoms with Crippen molar-refractivity contribution in [3.05, 3.63) is 59.2 Å². The fourth-order valence-corrected chi connectivity index (χ4v) is 2.67. The molecular weight excluding hydrogens is 278 g/mol. The van der Waals surface area contributed by atoms with E-state index in [4.69, 9.17) is 9.47 Å². The van der Waals surface area contributed by atoms with Crippen LogP contribution < -0.4 is 14.8 Å².